The third-order valence-electron chi connectivity index (χ3n) is 1.72. The van der Waals surface area contributed by atoms with Crippen molar-refractivity contribution in [1.29, 1.82) is 0 Å². The van der Waals surface area contributed by atoms with Crippen molar-refractivity contribution in [1.82, 2.24) is 15.3 Å². The maximum absolute atomic E-state index is 11.4. The number of rotatable bonds is 3. The van der Waals surface area contributed by atoms with Crippen LogP contribution in [0.2, 0.25) is 0 Å². The summed E-state index contributed by atoms with van der Waals surface area (Å²) in [7, 11) is 0. The molecule has 0 saturated heterocycles. The third-order valence-corrected chi connectivity index (χ3v) is 1.72. The average molecular weight is 195 g/mol. The average Bonchev–Trinajstić information content (AvgIpc) is 2.49. The van der Waals surface area contributed by atoms with E-state index >= 15 is 0 Å². The van der Waals surface area contributed by atoms with Crippen LogP contribution in [0.15, 0.2) is 12.5 Å². The first kappa shape index (κ1) is 10.8. The van der Waals surface area contributed by atoms with E-state index in [-0.39, 0.29) is 11.3 Å². The Labute approximate surface area is 84.1 Å². The van der Waals surface area contributed by atoms with Gasteiger partial charge in [-0.2, -0.15) is 0 Å². The van der Waals surface area contributed by atoms with Crippen molar-refractivity contribution in [3.63, 3.8) is 0 Å². The summed E-state index contributed by atoms with van der Waals surface area (Å²) in [6.45, 7) is 6.66. The highest BCUT2D eigenvalue weighted by Crippen LogP contribution is 2.17. The fourth-order valence-corrected chi connectivity index (χ4v) is 1.12. The quantitative estimate of drug-likeness (QED) is 0.767. The zero-order chi connectivity index (χ0) is 10.6. The lowest BCUT2D eigenvalue weighted by molar-refractivity contribution is -0.122. The van der Waals surface area contributed by atoms with Gasteiger partial charge in [0.2, 0.25) is 5.91 Å². The highest BCUT2D eigenvalue weighted by molar-refractivity contribution is 5.76. The maximum Gasteiger partial charge on any atom is 0.220 e. The molecule has 1 rings (SSSR count). The fraction of sp³-hybridized carbons (Fsp3) is 0.600. The van der Waals surface area contributed by atoms with Crippen molar-refractivity contribution in [3.05, 3.63) is 18.2 Å². The minimum atomic E-state index is 0.0398. The number of H-pyrrole nitrogens is 1. The van der Waals surface area contributed by atoms with Crippen molar-refractivity contribution < 1.29 is 4.79 Å². The predicted octanol–water partition coefficient (Wildman–Crippen LogP) is 1.46. The summed E-state index contributed by atoms with van der Waals surface area (Å²) in [5.41, 5.74) is 0.963. The highest BCUT2D eigenvalue weighted by Gasteiger charge is 2.15. The molecule has 0 saturated carbocycles. The van der Waals surface area contributed by atoms with E-state index < -0.39 is 0 Å². The number of nitrogens with zero attached hydrogens (tertiary/aromatic N) is 1. The molecule has 78 valence electrons. The minimum Gasteiger partial charge on any atom is -0.350 e. The molecule has 0 unspecified atom stereocenters. The summed E-state index contributed by atoms with van der Waals surface area (Å²) < 4.78 is 0. The first-order chi connectivity index (χ1) is 6.47. The Hall–Kier alpha value is -1.32. The number of nitrogens with one attached hydrogen (secondary N) is 2. The molecular weight excluding hydrogens is 178 g/mol. The van der Waals surface area contributed by atoms with Crippen molar-refractivity contribution in [3.8, 4) is 0 Å². The van der Waals surface area contributed by atoms with E-state index in [1.54, 1.807) is 12.5 Å². The van der Waals surface area contributed by atoms with Gasteiger partial charge in [-0.15, -0.1) is 0 Å². The molecule has 0 radical (unpaired) electrons. The number of carbonyl (C=O) groups excluding carboxylic acids is 1. The lowest BCUT2D eigenvalue weighted by Gasteiger charge is -2.16. The van der Waals surface area contributed by atoms with Crippen LogP contribution in [0.5, 0.6) is 0 Å². The summed E-state index contributed by atoms with van der Waals surface area (Å²) in [6, 6.07) is 0. The van der Waals surface area contributed by atoms with Gasteiger partial charge in [0.05, 0.1) is 18.6 Å². The van der Waals surface area contributed by atoms with E-state index in [4.69, 9.17) is 0 Å². The van der Waals surface area contributed by atoms with E-state index in [9.17, 15) is 4.79 Å². The summed E-state index contributed by atoms with van der Waals surface area (Å²) in [4.78, 5) is 18.2. The molecule has 14 heavy (non-hydrogen) atoms. The van der Waals surface area contributed by atoms with Crippen LogP contribution in [-0.2, 0) is 11.3 Å². The molecule has 0 aliphatic carbocycles. The Kier molecular flexibility index (Phi) is 3.28. The van der Waals surface area contributed by atoms with Crippen LogP contribution in [0, 0.1) is 5.41 Å². The van der Waals surface area contributed by atoms with E-state index in [1.165, 1.54) is 0 Å². The zero-order valence-electron chi connectivity index (χ0n) is 8.92. The van der Waals surface area contributed by atoms with Gasteiger partial charge < -0.3 is 10.3 Å². The van der Waals surface area contributed by atoms with Gasteiger partial charge in [-0.3, -0.25) is 4.79 Å². The van der Waals surface area contributed by atoms with Crippen LogP contribution in [0.25, 0.3) is 0 Å². The molecule has 0 aliphatic rings. The molecule has 4 nitrogen and oxygen atoms in total. The normalized spacial score (nSPS) is 11.4. The monoisotopic (exact) mass is 195 g/mol. The number of carbonyl (C=O) groups is 1. The number of amides is 1. The number of hydrogen-bond acceptors (Lipinski definition) is 2. The Morgan fingerprint density at radius 1 is 1.57 bits per heavy atom. The summed E-state index contributed by atoms with van der Waals surface area (Å²) >= 11 is 0. The first-order valence-electron chi connectivity index (χ1n) is 4.71. The molecule has 0 spiro atoms. The molecule has 0 fully saturated rings. The van der Waals surface area contributed by atoms with Gasteiger partial charge in [0, 0.05) is 12.6 Å². The van der Waals surface area contributed by atoms with Gasteiger partial charge >= 0.3 is 0 Å². The van der Waals surface area contributed by atoms with Gasteiger partial charge in [0.15, 0.2) is 0 Å². The van der Waals surface area contributed by atoms with Crippen LogP contribution >= 0.6 is 0 Å². The van der Waals surface area contributed by atoms with Gasteiger partial charge in [-0.25, -0.2) is 4.98 Å². The van der Waals surface area contributed by atoms with Crippen LogP contribution in [0.1, 0.15) is 32.9 Å². The second-order valence-electron chi connectivity index (χ2n) is 4.59. The molecule has 1 aromatic rings. The lowest BCUT2D eigenvalue weighted by Crippen LogP contribution is -2.27. The summed E-state index contributed by atoms with van der Waals surface area (Å²) in [6.07, 6.45) is 3.85. The van der Waals surface area contributed by atoms with E-state index in [1.807, 2.05) is 20.8 Å². The molecule has 4 heteroatoms. The lowest BCUT2D eigenvalue weighted by atomic mass is 9.92. The molecule has 1 aromatic heterocycles. The number of aromatic amines is 1. The molecule has 0 aliphatic heterocycles. The molecule has 0 bridgehead atoms. The van der Waals surface area contributed by atoms with Gasteiger partial charge in [-0.05, 0) is 5.41 Å². The highest BCUT2D eigenvalue weighted by atomic mass is 16.1. The second-order valence-corrected chi connectivity index (χ2v) is 4.59. The zero-order valence-corrected chi connectivity index (χ0v) is 8.92. The van der Waals surface area contributed by atoms with E-state index in [2.05, 4.69) is 15.3 Å². The molecule has 1 amide bonds. The molecule has 1 heterocycles. The first-order valence-corrected chi connectivity index (χ1v) is 4.71. The summed E-state index contributed by atoms with van der Waals surface area (Å²) in [5.74, 6) is 0.0760. The third kappa shape index (κ3) is 4.07. The number of aromatic nitrogens is 2. The van der Waals surface area contributed by atoms with Crippen LogP contribution in [0.3, 0.4) is 0 Å². The number of hydrogen-bond donors (Lipinski definition) is 2. The SMILES string of the molecule is CC(C)(C)CC(=O)NCc1cnc[nH]1. The Balaban J connectivity index is 2.29. The second kappa shape index (κ2) is 4.26. The van der Waals surface area contributed by atoms with Gasteiger partial charge in [-0.1, -0.05) is 20.8 Å². The largest absolute Gasteiger partial charge is 0.350 e. The van der Waals surface area contributed by atoms with Gasteiger partial charge in [0.25, 0.3) is 0 Å². The van der Waals surface area contributed by atoms with Crippen LogP contribution in [-0.4, -0.2) is 15.9 Å². The molecule has 0 aromatic carbocycles. The number of imidazole rings is 1. The van der Waals surface area contributed by atoms with E-state index in [0.717, 1.165) is 5.69 Å². The van der Waals surface area contributed by atoms with Crippen LogP contribution < -0.4 is 5.32 Å². The van der Waals surface area contributed by atoms with Crippen molar-refractivity contribution in [2.75, 3.05) is 0 Å². The Morgan fingerprint density at radius 2 is 2.29 bits per heavy atom. The summed E-state index contributed by atoms with van der Waals surface area (Å²) in [5, 5.41) is 2.83. The van der Waals surface area contributed by atoms with Crippen molar-refractivity contribution in [2.24, 2.45) is 5.41 Å². The Morgan fingerprint density at radius 3 is 2.79 bits per heavy atom. The Bertz CT molecular complexity index is 285. The molecule has 2 N–H and O–H groups in total. The van der Waals surface area contributed by atoms with Crippen molar-refractivity contribution >= 4 is 5.91 Å². The smallest absolute Gasteiger partial charge is 0.220 e. The minimum absolute atomic E-state index is 0.0398. The van der Waals surface area contributed by atoms with E-state index in [0.29, 0.717) is 13.0 Å². The van der Waals surface area contributed by atoms with Crippen molar-refractivity contribution in [2.45, 2.75) is 33.7 Å². The topological polar surface area (TPSA) is 57.8 Å². The fourth-order valence-electron chi connectivity index (χ4n) is 1.12. The van der Waals surface area contributed by atoms with Crippen LogP contribution in [0.4, 0.5) is 0 Å². The standard InChI is InChI=1S/C10H17N3O/c1-10(2,3)4-9(14)12-6-8-5-11-7-13-8/h5,7H,4,6H2,1-3H3,(H,11,13)(H,12,14). The molecule has 0 atom stereocenters. The molecular formula is C10H17N3O. The predicted molar refractivity (Wildman–Crippen MR) is 54.5 cm³/mol. The van der Waals surface area contributed by atoms with Gasteiger partial charge in [0.1, 0.15) is 0 Å². The maximum atomic E-state index is 11.4.